The normalized spacial score (nSPS) is 18.2. The third-order valence-electron chi connectivity index (χ3n) is 8.11. The summed E-state index contributed by atoms with van der Waals surface area (Å²) in [5.41, 5.74) is 3.34. The first kappa shape index (κ1) is 32.1. The van der Waals surface area contributed by atoms with E-state index < -0.39 is 16.9 Å². The van der Waals surface area contributed by atoms with E-state index in [1.54, 1.807) is 16.7 Å². The third kappa shape index (κ3) is 7.69. The van der Waals surface area contributed by atoms with Crippen LogP contribution >= 0.6 is 11.8 Å². The Kier molecular flexibility index (Phi) is 11.2. The molecule has 0 saturated carbocycles. The second-order valence-corrected chi connectivity index (χ2v) is 12.6. The van der Waals surface area contributed by atoms with E-state index in [0.717, 1.165) is 29.8 Å². The Morgan fingerprint density at radius 3 is 1.93 bits per heavy atom. The lowest BCUT2D eigenvalue weighted by atomic mass is 9.84. The van der Waals surface area contributed by atoms with Crippen LogP contribution < -0.4 is 16.0 Å². The topological polar surface area (TPSA) is 103 Å². The number of amides is 4. The van der Waals surface area contributed by atoms with Gasteiger partial charge in [0.25, 0.3) is 0 Å². The van der Waals surface area contributed by atoms with E-state index in [1.165, 1.54) is 11.0 Å². The van der Waals surface area contributed by atoms with Crippen molar-refractivity contribution >= 4 is 29.8 Å². The van der Waals surface area contributed by atoms with Gasteiger partial charge in [-0.15, -0.1) is 11.8 Å². The fourth-order valence-corrected chi connectivity index (χ4v) is 7.80. The predicted molar refractivity (Wildman–Crippen MR) is 178 cm³/mol. The van der Waals surface area contributed by atoms with Crippen molar-refractivity contribution in [3.63, 3.8) is 0 Å². The van der Waals surface area contributed by atoms with Crippen LogP contribution in [-0.2, 0) is 14.3 Å². The molecule has 45 heavy (non-hydrogen) atoms. The monoisotopic (exact) mass is 627 g/mol. The van der Waals surface area contributed by atoms with Crippen molar-refractivity contribution in [3.05, 3.63) is 120 Å². The first-order valence-corrected chi connectivity index (χ1v) is 16.3. The molecule has 5 rings (SSSR count). The predicted octanol–water partition coefficient (Wildman–Crippen LogP) is 4.21. The summed E-state index contributed by atoms with van der Waals surface area (Å²) in [5, 5.41) is 8.95. The van der Waals surface area contributed by atoms with Gasteiger partial charge in [0.15, 0.2) is 0 Å². The van der Waals surface area contributed by atoms with Crippen molar-refractivity contribution in [2.45, 2.75) is 22.5 Å². The summed E-state index contributed by atoms with van der Waals surface area (Å²) >= 11 is 1.76. The summed E-state index contributed by atoms with van der Waals surface area (Å²) in [6.07, 6.45) is 1.41. The number of likely N-dealkylation sites (tertiary alicyclic amines) is 1. The van der Waals surface area contributed by atoms with E-state index >= 15 is 0 Å². The quantitative estimate of drug-likeness (QED) is 0.167. The number of ether oxygens (including phenoxy) is 1. The Balaban J connectivity index is 1.37. The van der Waals surface area contributed by atoms with Crippen LogP contribution in [0.5, 0.6) is 0 Å². The van der Waals surface area contributed by atoms with Gasteiger partial charge in [0.2, 0.25) is 5.91 Å². The molecule has 236 valence electrons. The zero-order valence-corrected chi connectivity index (χ0v) is 26.2. The second-order valence-electron chi connectivity index (χ2n) is 11.0. The largest absolute Gasteiger partial charge is 0.445 e. The summed E-state index contributed by atoms with van der Waals surface area (Å²) in [6.45, 7) is 7.43. The van der Waals surface area contributed by atoms with Crippen molar-refractivity contribution < 1.29 is 19.1 Å². The van der Waals surface area contributed by atoms with Crippen molar-refractivity contribution in [2.75, 3.05) is 52.4 Å². The van der Waals surface area contributed by atoms with Gasteiger partial charge in [0.05, 0.1) is 4.75 Å². The Bertz CT molecular complexity index is 1320. The molecule has 3 aromatic rings. The standard InChI is InChI=1S/C35H41N5O4S/c1-2-24-44-34(43)40-26-30(25-31(40)32(41)37-18-19-38-33(42)39-22-20-36-21-23-39)45-35(27-12-6-3-7-13-27,28-14-8-4-9-15-28)29-16-10-5-11-17-29/h2-17,30-31,36H,1,18-26H2,(H,37,41)(H,38,42)/t30-,31-/m0/s1. The van der Waals surface area contributed by atoms with Gasteiger partial charge in [0, 0.05) is 51.1 Å². The number of benzene rings is 3. The molecule has 2 heterocycles. The smallest absolute Gasteiger partial charge is 0.410 e. The number of thioether (sulfide) groups is 1. The summed E-state index contributed by atoms with van der Waals surface area (Å²) in [6, 6.07) is 30.2. The molecule has 2 atom stereocenters. The lowest BCUT2D eigenvalue weighted by Gasteiger charge is -2.37. The van der Waals surface area contributed by atoms with Gasteiger partial charge < -0.3 is 25.6 Å². The summed E-state index contributed by atoms with van der Waals surface area (Å²) in [4.78, 5) is 42.6. The molecule has 3 aromatic carbocycles. The molecular formula is C35H41N5O4S. The average molecular weight is 628 g/mol. The van der Waals surface area contributed by atoms with E-state index in [-0.39, 0.29) is 30.3 Å². The number of carbonyl (C=O) groups excluding carboxylic acids is 3. The van der Waals surface area contributed by atoms with E-state index in [9.17, 15) is 14.4 Å². The number of hydrogen-bond donors (Lipinski definition) is 3. The van der Waals surface area contributed by atoms with Crippen molar-refractivity contribution in [2.24, 2.45) is 0 Å². The molecule has 2 fully saturated rings. The van der Waals surface area contributed by atoms with Crippen LogP contribution in [0.15, 0.2) is 104 Å². The number of rotatable bonds is 11. The van der Waals surface area contributed by atoms with Gasteiger partial charge in [-0.3, -0.25) is 9.69 Å². The molecule has 9 nitrogen and oxygen atoms in total. The lowest BCUT2D eigenvalue weighted by Crippen LogP contribution is -2.52. The highest BCUT2D eigenvalue weighted by Gasteiger charge is 2.46. The number of hydrogen-bond acceptors (Lipinski definition) is 6. The van der Waals surface area contributed by atoms with E-state index in [2.05, 4.69) is 58.9 Å². The first-order chi connectivity index (χ1) is 22.0. The minimum atomic E-state index is -0.719. The van der Waals surface area contributed by atoms with Crippen LogP contribution in [0.2, 0.25) is 0 Å². The Morgan fingerprint density at radius 1 is 0.867 bits per heavy atom. The maximum absolute atomic E-state index is 13.6. The first-order valence-electron chi connectivity index (χ1n) is 15.4. The van der Waals surface area contributed by atoms with Crippen molar-refractivity contribution in [1.29, 1.82) is 0 Å². The van der Waals surface area contributed by atoms with Crippen LogP contribution in [0.1, 0.15) is 23.1 Å². The highest BCUT2D eigenvalue weighted by molar-refractivity contribution is 8.01. The van der Waals surface area contributed by atoms with E-state index in [0.29, 0.717) is 32.6 Å². The van der Waals surface area contributed by atoms with Gasteiger partial charge in [-0.2, -0.15) is 0 Å². The molecule has 0 spiro atoms. The number of urea groups is 1. The maximum Gasteiger partial charge on any atom is 0.410 e. The zero-order valence-electron chi connectivity index (χ0n) is 25.4. The zero-order chi connectivity index (χ0) is 31.5. The molecule has 4 amide bonds. The molecule has 0 aromatic heterocycles. The van der Waals surface area contributed by atoms with Crippen molar-refractivity contribution in [1.82, 2.24) is 25.8 Å². The van der Waals surface area contributed by atoms with Crippen LogP contribution in [-0.4, -0.2) is 91.5 Å². The van der Waals surface area contributed by atoms with E-state index in [4.69, 9.17) is 4.74 Å². The third-order valence-corrected chi connectivity index (χ3v) is 9.85. The number of nitrogens with zero attached hydrogens (tertiary/aromatic N) is 2. The molecule has 0 unspecified atom stereocenters. The average Bonchev–Trinajstić information content (AvgIpc) is 3.53. The minimum absolute atomic E-state index is 0.0571. The van der Waals surface area contributed by atoms with Crippen LogP contribution in [0, 0.1) is 0 Å². The number of piperazine rings is 1. The Hall–Kier alpha value is -4.28. The maximum atomic E-state index is 13.6. The molecule has 0 radical (unpaired) electrons. The van der Waals surface area contributed by atoms with Gasteiger partial charge in [-0.1, -0.05) is 104 Å². The minimum Gasteiger partial charge on any atom is -0.445 e. The molecule has 2 saturated heterocycles. The summed E-state index contributed by atoms with van der Waals surface area (Å²) in [5.74, 6) is -0.269. The van der Waals surface area contributed by atoms with Gasteiger partial charge in [0.1, 0.15) is 12.6 Å². The van der Waals surface area contributed by atoms with Crippen LogP contribution in [0.4, 0.5) is 9.59 Å². The molecule has 3 N–H and O–H groups in total. The van der Waals surface area contributed by atoms with Crippen molar-refractivity contribution in [3.8, 4) is 0 Å². The molecule has 2 aliphatic heterocycles. The van der Waals surface area contributed by atoms with Gasteiger partial charge in [-0.05, 0) is 23.1 Å². The van der Waals surface area contributed by atoms with Crippen LogP contribution in [0.25, 0.3) is 0 Å². The Labute approximate surface area is 269 Å². The number of nitrogens with one attached hydrogen (secondary N) is 3. The van der Waals surface area contributed by atoms with Gasteiger partial charge >= 0.3 is 12.1 Å². The molecule has 0 bridgehead atoms. The SMILES string of the molecule is C=CCOC(=O)N1C[C@@H](SC(c2ccccc2)(c2ccccc2)c2ccccc2)C[C@H]1C(=O)NCCNC(=O)N1CCNCC1. The Morgan fingerprint density at radius 2 is 1.40 bits per heavy atom. The molecule has 2 aliphatic rings. The fourth-order valence-electron chi connectivity index (χ4n) is 5.97. The lowest BCUT2D eigenvalue weighted by molar-refractivity contribution is -0.125. The van der Waals surface area contributed by atoms with Crippen LogP contribution in [0.3, 0.4) is 0 Å². The summed E-state index contributed by atoms with van der Waals surface area (Å²) < 4.78 is 4.83. The highest BCUT2D eigenvalue weighted by Crippen LogP contribution is 2.52. The fraction of sp³-hybridized carbons (Fsp3) is 0.343. The second kappa shape index (κ2) is 15.6. The van der Waals surface area contributed by atoms with E-state index in [1.807, 2.05) is 54.6 Å². The highest BCUT2D eigenvalue weighted by atomic mass is 32.2. The number of carbonyl (C=O) groups is 3. The van der Waals surface area contributed by atoms with Gasteiger partial charge in [-0.25, -0.2) is 9.59 Å². The molecule has 0 aliphatic carbocycles. The molecule has 10 heteroatoms. The molecular weight excluding hydrogens is 586 g/mol. The summed E-state index contributed by atoms with van der Waals surface area (Å²) in [7, 11) is 0.